The van der Waals surface area contributed by atoms with Gasteiger partial charge < -0.3 is 4.55 Å². The van der Waals surface area contributed by atoms with E-state index in [0.29, 0.717) is 4.47 Å². The van der Waals surface area contributed by atoms with Gasteiger partial charge in [0.25, 0.3) is 0 Å². The number of halogens is 1. The molecule has 2 aromatic rings. The van der Waals surface area contributed by atoms with Crippen LogP contribution in [0.1, 0.15) is 0 Å². The molecule has 1 heterocycles. The maximum absolute atomic E-state index is 10.6. The number of nitrogens with zero attached hydrogens (tertiary/aromatic N) is 1. The second kappa shape index (κ2) is 3.34. The summed E-state index contributed by atoms with van der Waals surface area (Å²) in [4.78, 5) is 4.25. The van der Waals surface area contributed by atoms with Crippen molar-refractivity contribution >= 4 is 44.2 Å². The topological polar surface area (TPSA) is 53.0 Å². The molecule has 2 rings (SSSR count). The van der Waals surface area contributed by atoms with Gasteiger partial charge in [0.1, 0.15) is 0 Å². The van der Waals surface area contributed by atoms with Crippen molar-refractivity contribution in [3.63, 3.8) is 0 Å². The SMILES string of the molecule is O=S([O-])c1ccc2nc(Cl)sc2c1. The predicted molar refractivity (Wildman–Crippen MR) is 51.8 cm³/mol. The molecule has 0 radical (unpaired) electrons. The summed E-state index contributed by atoms with van der Waals surface area (Å²) in [6.07, 6.45) is 0. The third-order valence-corrected chi connectivity index (χ3v) is 3.29. The highest BCUT2D eigenvalue weighted by atomic mass is 35.5. The molecular weight excluding hydrogens is 230 g/mol. The summed E-state index contributed by atoms with van der Waals surface area (Å²) in [5.41, 5.74) is 0.726. The van der Waals surface area contributed by atoms with Crippen LogP contribution in [0.5, 0.6) is 0 Å². The van der Waals surface area contributed by atoms with E-state index in [1.165, 1.54) is 17.4 Å². The first-order chi connectivity index (χ1) is 6.16. The first-order valence-corrected chi connectivity index (χ1v) is 5.59. The molecular formula is C7H3ClNO2S2-. The Morgan fingerprint density at radius 2 is 2.31 bits per heavy atom. The standard InChI is InChI=1S/C7H4ClNO2S2/c8-7-9-5-2-1-4(13(10)11)3-6(5)12-7/h1-3H,(H,10,11)/p-1. The lowest BCUT2D eigenvalue weighted by Crippen LogP contribution is -1.86. The van der Waals surface area contributed by atoms with E-state index in [2.05, 4.69) is 4.98 Å². The summed E-state index contributed by atoms with van der Waals surface area (Å²) in [6.45, 7) is 0. The van der Waals surface area contributed by atoms with Crippen LogP contribution in [-0.2, 0) is 11.1 Å². The van der Waals surface area contributed by atoms with Crippen molar-refractivity contribution < 1.29 is 8.76 Å². The second-order valence-corrected chi connectivity index (χ2v) is 4.88. The van der Waals surface area contributed by atoms with Crippen molar-refractivity contribution in [3.05, 3.63) is 22.7 Å². The zero-order valence-corrected chi connectivity index (χ0v) is 8.58. The molecule has 1 aromatic heterocycles. The maximum atomic E-state index is 10.6. The molecule has 0 amide bonds. The van der Waals surface area contributed by atoms with E-state index >= 15 is 0 Å². The van der Waals surface area contributed by atoms with Crippen molar-refractivity contribution in [1.82, 2.24) is 4.98 Å². The molecule has 3 nitrogen and oxygen atoms in total. The lowest BCUT2D eigenvalue weighted by atomic mass is 10.3. The van der Waals surface area contributed by atoms with Gasteiger partial charge in [0.15, 0.2) is 4.47 Å². The fourth-order valence-corrected chi connectivity index (χ4v) is 2.52. The average molecular weight is 233 g/mol. The van der Waals surface area contributed by atoms with Crippen LogP contribution in [0.4, 0.5) is 0 Å². The zero-order valence-electron chi connectivity index (χ0n) is 6.19. The highest BCUT2D eigenvalue weighted by Gasteiger charge is 2.02. The molecule has 0 bridgehead atoms. The molecule has 0 spiro atoms. The minimum atomic E-state index is -2.19. The lowest BCUT2D eigenvalue weighted by molar-refractivity contribution is 0.537. The molecule has 0 saturated carbocycles. The van der Waals surface area contributed by atoms with Gasteiger partial charge in [-0.15, -0.1) is 11.3 Å². The van der Waals surface area contributed by atoms with Crippen LogP contribution in [0, 0.1) is 0 Å². The Bertz CT molecular complexity index is 482. The predicted octanol–water partition coefficient (Wildman–Crippen LogP) is 2.19. The van der Waals surface area contributed by atoms with Crippen molar-refractivity contribution in [2.75, 3.05) is 0 Å². The van der Waals surface area contributed by atoms with E-state index in [0.717, 1.165) is 10.2 Å². The summed E-state index contributed by atoms with van der Waals surface area (Å²) >= 11 is 4.74. The average Bonchev–Trinajstić information content (AvgIpc) is 2.42. The molecule has 0 aliphatic rings. The number of hydrogen-bond donors (Lipinski definition) is 0. The normalized spacial score (nSPS) is 13.4. The van der Waals surface area contributed by atoms with Gasteiger partial charge in [-0.3, -0.25) is 4.21 Å². The molecule has 68 valence electrons. The molecule has 0 aliphatic carbocycles. The largest absolute Gasteiger partial charge is 0.768 e. The minimum Gasteiger partial charge on any atom is -0.768 e. The van der Waals surface area contributed by atoms with Crippen LogP contribution < -0.4 is 0 Å². The van der Waals surface area contributed by atoms with E-state index in [4.69, 9.17) is 11.6 Å². The van der Waals surface area contributed by atoms with Gasteiger partial charge in [-0.25, -0.2) is 4.98 Å². The van der Waals surface area contributed by atoms with E-state index in [1.54, 1.807) is 12.1 Å². The Morgan fingerprint density at radius 3 is 3.00 bits per heavy atom. The summed E-state index contributed by atoms with van der Waals surface area (Å²) in [6, 6.07) is 4.70. The van der Waals surface area contributed by atoms with Crippen molar-refractivity contribution in [2.24, 2.45) is 0 Å². The molecule has 0 saturated heterocycles. The molecule has 13 heavy (non-hydrogen) atoms. The van der Waals surface area contributed by atoms with Crippen LogP contribution in [-0.4, -0.2) is 13.7 Å². The number of thiazole rings is 1. The maximum Gasteiger partial charge on any atom is 0.184 e. The molecule has 6 heteroatoms. The summed E-state index contributed by atoms with van der Waals surface area (Å²) in [5.74, 6) is 0. The lowest BCUT2D eigenvalue weighted by Gasteiger charge is -2.02. The molecule has 1 atom stereocenters. The number of fused-ring (bicyclic) bond motifs is 1. The van der Waals surface area contributed by atoms with Gasteiger partial charge in [0.2, 0.25) is 0 Å². The van der Waals surface area contributed by atoms with Crippen LogP contribution in [0.15, 0.2) is 23.1 Å². The number of rotatable bonds is 1. The molecule has 1 unspecified atom stereocenters. The highest BCUT2D eigenvalue weighted by Crippen LogP contribution is 2.26. The molecule has 0 fully saturated rings. The number of benzene rings is 1. The van der Waals surface area contributed by atoms with E-state index < -0.39 is 11.1 Å². The Morgan fingerprint density at radius 1 is 1.54 bits per heavy atom. The van der Waals surface area contributed by atoms with Crippen molar-refractivity contribution in [1.29, 1.82) is 0 Å². The Labute approximate surface area is 85.7 Å². The van der Waals surface area contributed by atoms with Crippen LogP contribution in [0.25, 0.3) is 10.2 Å². The van der Waals surface area contributed by atoms with Crippen LogP contribution >= 0.6 is 22.9 Å². The van der Waals surface area contributed by atoms with Crippen LogP contribution in [0.2, 0.25) is 4.47 Å². The fraction of sp³-hybridized carbons (Fsp3) is 0. The highest BCUT2D eigenvalue weighted by molar-refractivity contribution is 7.79. The first-order valence-electron chi connectivity index (χ1n) is 3.32. The van der Waals surface area contributed by atoms with E-state index in [9.17, 15) is 8.76 Å². The summed E-state index contributed by atoms with van der Waals surface area (Å²) in [7, 11) is 0. The quantitative estimate of drug-likeness (QED) is 0.709. The van der Waals surface area contributed by atoms with Crippen molar-refractivity contribution in [2.45, 2.75) is 4.90 Å². The van der Waals surface area contributed by atoms with Gasteiger partial charge in [-0.05, 0) is 29.3 Å². The second-order valence-electron chi connectivity index (χ2n) is 2.33. The first kappa shape index (κ1) is 9.08. The molecule has 1 aromatic carbocycles. The summed E-state index contributed by atoms with van der Waals surface area (Å²) in [5, 5.41) is 0. The monoisotopic (exact) mass is 232 g/mol. The van der Waals surface area contributed by atoms with E-state index in [1.807, 2.05) is 0 Å². The fourth-order valence-electron chi connectivity index (χ4n) is 0.980. The van der Waals surface area contributed by atoms with E-state index in [-0.39, 0.29) is 4.90 Å². The number of hydrogen-bond acceptors (Lipinski definition) is 4. The Kier molecular flexibility index (Phi) is 2.33. The van der Waals surface area contributed by atoms with Gasteiger partial charge in [0, 0.05) is 4.90 Å². The van der Waals surface area contributed by atoms with Crippen molar-refractivity contribution in [3.8, 4) is 0 Å². The smallest absolute Gasteiger partial charge is 0.184 e. The van der Waals surface area contributed by atoms with Gasteiger partial charge in [0.05, 0.1) is 10.2 Å². The Hall–Kier alpha value is -0.490. The van der Waals surface area contributed by atoms with Crippen LogP contribution in [0.3, 0.4) is 0 Å². The minimum absolute atomic E-state index is 0.257. The molecule has 0 aliphatic heterocycles. The zero-order chi connectivity index (χ0) is 9.42. The van der Waals surface area contributed by atoms with Gasteiger partial charge >= 0.3 is 0 Å². The third-order valence-electron chi connectivity index (χ3n) is 1.53. The van der Waals surface area contributed by atoms with Gasteiger partial charge in [-0.2, -0.15) is 0 Å². The Balaban J connectivity index is 2.67. The molecule has 0 N–H and O–H groups in total. The number of aromatic nitrogens is 1. The summed E-state index contributed by atoms with van der Waals surface area (Å²) < 4.78 is 22.4. The van der Waals surface area contributed by atoms with Gasteiger partial charge in [-0.1, -0.05) is 11.6 Å². The third kappa shape index (κ3) is 1.73.